The first kappa shape index (κ1) is 23.2. The number of hydrogen-bond donors (Lipinski definition) is 0. The normalized spacial score (nSPS) is 13.7. The van der Waals surface area contributed by atoms with Crippen LogP contribution in [0.15, 0.2) is 94.9 Å². The third-order valence-corrected chi connectivity index (χ3v) is 8.86. The molecule has 0 bridgehead atoms. The van der Waals surface area contributed by atoms with Crippen LogP contribution >= 0.6 is 23.1 Å². The van der Waals surface area contributed by atoms with E-state index in [4.69, 9.17) is 4.98 Å². The number of fused-ring (bicyclic) bond motifs is 3. The molecule has 0 unspecified atom stereocenters. The van der Waals surface area contributed by atoms with Crippen molar-refractivity contribution in [3.05, 3.63) is 122 Å². The molecule has 0 atom stereocenters. The van der Waals surface area contributed by atoms with Gasteiger partial charge in [-0.1, -0.05) is 90.6 Å². The van der Waals surface area contributed by atoms with Crippen molar-refractivity contribution < 1.29 is 0 Å². The van der Waals surface area contributed by atoms with E-state index in [1.807, 2.05) is 28.8 Å². The molecular formula is C30H27N3OS2. The summed E-state index contributed by atoms with van der Waals surface area (Å²) in [6.45, 7) is 4.79. The Kier molecular flexibility index (Phi) is 6.48. The van der Waals surface area contributed by atoms with Gasteiger partial charge in [0.1, 0.15) is 4.83 Å². The average Bonchev–Trinajstić information content (AvgIpc) is 3.27. The van der Waals surface area contributed by atoms with Crippen LogP contribution in [0.1, 0.15) is 27.1 Å². The van der Waals surface area contributed by atoms with Gasteiger partial charge in [0, 0.05) is 30.3 Å². The van der Waals surface area contributed by atoms with E-state index >= 15 is 0 Å². The van der Waals surface area contributed by atoms with Gasteiger partial charge in [0.2, 0.25) is 0 Å². The molecule has 6 heteroatoms. The monoisotopic (exact) mass is 509 g/mol. The predicted octanol–water partition coefficient (Wildman–Crippen LogP) is 6.61. The number of hydrogen-bond acceptors (Lipinski definition) is 5. The fourth-order valence-corrected chi connectivity index (χ4v) is 7.16. The number of benzene rings is 3. The standard InChI is InChI=1S/C30H27N3OS2/c1-21-10-8-9-15-25(21)33-29(34)27-24-16-17-32(18-22-11-4-2-5-12-22)19-26(24)36-28(27)31-30(33)35-20-23-13-6-3-7-14-23/h2-15H,16-20H2,1H3. The van der Waals surface area contributed by atoms with Crippen LogP contribution in [-0.2, 0) is 25.3 Å². The van der Waals surface area contributed by atoms with Crippen molar-refractivity contribution in [1.29, 1.82) is 0 Å². The Morgan fingerprint density at radius 2 is 1.61 bits per heavy atom. The summed E-state index contributed by atoms with van der Waals surface area (Å²) in [6.07, 6.45) is 0.878. The van der Waals surface area contributed by atoms with Crippen LogP contribution in [0, 0.1) is 6.92 Å². The molecule has 4 nitrogen and oxygen atoms in total. The minimum absolute atomic E-state index is 0.0545. The van der Waals surface area contributed by atoms with E-state index in [0.29, 0.717) is 0 Å². The van der Waals surface area contributed by atoms with Crippen LogP contribution in [0.5, 0.6) is 0 Å². The molecule has 1 aliphatic rings. The first-order valence-corrected chi connectivity index (χ1v) is 14.0. The van der Waals surface area contributed by atoms with Gasteiger partial charge in [0.15, 0.2) is 5.16 Å². The van der Waals surface area contributed by atoms with Gasteiger partial charge < -0.3 is 0 Å². The number of rotatable bonds is 6. The molecule has 6 rings (SSSR count). The van der Waals surface area contributed by atoms with Crippen molar-refractivity contribution in [2.45, 2.75) is 37.3 Å². The zero-order valence-corrected chi connectivity index (χ0v) is 21.8. The molecule has 0 spiro atoms. The van der Waals surface area contributed by atoms with Gasteiger partial charge in [-0.05, 0) is 41.7 Å². The minimum Gasteiger partial charge on any atom is -0.294 e. The summed E-state index contributed by atoms with van der Waals surface area (Å²) in [7, 11) is 0. The number of aromatic nitrogens is 2. The highest BCUT2D eigenvalue weighted by Gasteiger charge is 2.26. The van der Waals surface area contributed by atoms with Gasteiger partial charge >= 0.3 is 0 Å². The second-order valence-corrected chi connectivity index (χ2v) is 11.3. The first-order valence-electron chi connectivity index (χ1n) is 12.2. The van der Waals surface area contributed by atoms with Crippen molar-refractivity contribution in [3.8, 4) is 5.69 Å². The summed E-state index contributed by atoms with van der Waals surface area (Å²) in [4.78, 5) is 23.8. The largest absolute Gasteiger partial charge is 0.294 e. The summed E-state index contributed by atoms with van der Waals surface area (Å²) in [5, 5.41) is 1.56. The first-order chi connectivity index (χ1) is 17.7. The van der Waals surface area contributed by atoms with Crippen LogP contribution in [0.3, 0.4) is 0 Å². The van der Waals surface area contributed by atoms with Crippen molar-refractivity contribution >= 4 is 33.3 Å². The average molecular weight is 510 g/mol. The van der Waals surface area contributed by atoms with Crippen LogP contribution in [-0.4, -0.2) is 21.0 Å². The Balaban J connectivity index is 1.42. The van der Waals surface area contributed by atoms with E-state index in [9.17, 15) is 4.79 Å². The summed E-state index contributed by atoms with van der Waals surface area (Å²) in [5.74, 6) is 0.764. The summed E-state index contributed by atoms with van der Waals surface area (Å²) in [6, 6.07) is 29.1. The SMILES string of the molecule is Cc1ccccc1-n1c(SCc2ccccc2)nc2sc3c(c2c1=O)CCN(Cc1ccccc1)C3. The number of thiophene rings is 1. The van der Waals surface area contributed by atoms with E-state index in [1.165, 1.54) is 21.6 Å². The molecule has 3 heterocycles. The Labute approximate surface area is 219 Å². The lowest BCUT2D eigenvalue weighted by molar-refractivity contribution is 0.249. The van der Waals surface area contributed by atoms with E-state index in [-0.39, 0.29) is 5.56 Å². The molecule has 0 saturated carbocycles. The number of thioether (sulfide) groups is 1. The van der Waals surface area contributed by atoms with Crippen LogP contribution in [0.2, 0.25) is 0 Å². The number of aryl methyl sites for hydroxylation is 1. The lowest BCUT2D eigenvalue weighted by atomic mass is 10.0. The molecule has 180 valence electrons. The highest BCUT2D eigenvalue weighted by atomic mass is 32.2. The van der Waals surface area contributed by atoms with Crippen LogP contribution in [0.25, 0.3) is 15.9 Å². The molecule has 0 amide bonds. The second kappa shape index (κ2) is 10.1. The summed E-state index contributed by atoms with van der Waals surface area (Å²) < 4.78 is 1.84. The van der Waals surface area contributed by atoms with Gasteiger partial charge in [-0.3, -0.25) is 14.3 Å². The van der Waals surface area contributed by atoms with Gasteiger partial charge in [0.25, 0.3) is 5.56 Å². The molecule has 0 aliphatic carbocycles. The molecular weight excluding hydrogens is 482 g/mol. The molecule has 0 N–H and O–H groups in total. The lowest BCUT2D eigenvalue weighted by Crippen LogP contribution is -2.30. The molecule has 0 fully saturated rings. The molecule has 36 heavy (non-hydrogen) atoms. The van der Waals surface area contributed by atoms with Crippen molar-refractivity contribution in [2.24, 2.45) is 0 Å². The predicted molar refractivity (Wildman–Crippen MR) is 150 cm³/mol. The third-order valence-electron chi connectivity index (χ3n) is 6.74. The third kappa shape index (κ3) is 4.52. The van der Waals surface area contributed by atoms with E-state index < -0.39 is 0 Å². The molecule has 2 aromatic heterocycles. The number of nitrogens with zero attached hydrogens (tertiary/aromatic N) is 3. The number of para-hydroxylation sites is 1. The smallest absolute Gasteiger partial charge is 0.267 e. The van der Waals surface area contributed by atoms with Gasteiger partial charge in [-0.15, -0.1) is 11.3 Å². The second-order valence-electron chi connectivity index (χ2n) is 9.23. The fourth-order valence-electron chi connectivity index (χ4n) is 4.90. The van der Waals surface area contributed by atoms with Gasteiger partial charge in [-0.25, -0.2) is 4.98 Å². The summed E-state index contributed by atoms with van der Waals surface area (Å²) in [5.41, 5.74) is 5.77. The molecule has 1 aliphatic heterocycles. The van der Waals surface area contributed by atoms with Crippen molar-refractivity contribution in [1.82, 2.24) is 14.5 Å². The Morgan fingerprint density at radius 3 is 2.36 bits per heavy atom. The molecule has 0 radical (unpaired) electrons. The summed E-state index contributed by atoms with van der Waals surface area (Å²) >= 11 is 3.32. The van der Waals surface area contributed by atoms with Gasteiger partial charge in [-0.2, -0.15) is 0 Å². The van der Waals surface area contributed by atoms with Crippen molar-refractivity contribution in [3.63, 3.8) is 0 Å². The van der Waals surface area contributed by atoms with E-state index in [0.717, 1.165) is 58.4 Å². The Hall–Kier alpha value is -3.19. The zero-order valence-electron chi connectivity index (χ0n) is 20.2. The van der Waals surface area contributed by atoms with E-state index in [2.05, 4.69) is 72.5 Å². The molecule has 0 saturated heterocycles. The van der Waals surface area contributed by atoms with Crippen LogP contribution < -0.4 is 5.56 Å². The van der Waals surface area contributed by atoms with E-state index in [1.54, 1.807) is 23.1 Å². The highest BCUT2D eigenvalue weighted by molar-refractivity contribution is 7.98. The maximum absolute atomic E-state index is 14.1. The maximum atomic E-state index is 14.1. The Morgan fingerprint density at radius 1 is 0.917 bits per heavy atom. The minimum atomic E-state index is 0.0545. The lowest BCUT2D eigenvalue weighted by Gasteiger charge is -2.26. The van der Waals surface area contributed by atoms with Crippen LogP contribution in [0.4, 0.5) is 0 Å². The maximum Gasteiger partial charge on any atom is 0.267 e. The quantitative estimate of drug-likeness (QED) is 0.191. The van der Waals surface area contributed by atoms with Crippen molar-refractivity contribution in [2.75, 3.05) is 6.54 Å². The Bertz CT molecular complexity index is 1580. The molecule has 5 aromatic rings. The molecule has 3 aromatic carbocycles. The fraction of sp³-hybridized carbons (Fsp3) is 0.200. The zero-order chi connectivity index (χ0) is 24.5. The van der Waals surface area contributed by atoms with Gasteiger partial charge in [0.05, 0.1) is 11.1 Å². The highest BCUT2D eigenvalue weighted by Crippen LogP contribution is 2.35. The topological polar surface area (TPSA) is 38.1 Å².